The molecule has 1 atom stereocenters. The summed E-state index contributed by atoms with van der Waals surface area (Å²) in [6.45, 7) is 2.09. The van der Waals surface area contributed by atoms with Crippen molar-refractivity contribution in [1.29, 1.82) is 0 Å². The van der Waals surface area contributed by atoms with Gasteiger partial charge < -0.3 is 10.1 Å². The van der Waals surface area contributed by atoms with Crippen molar-refractivity contribution in [2.24, 2.45) is 11.3 Å². The number of nitrogens with zero attached hydrogens (tertiary/aromatic N) is 3. The van der Waals surface area contributed by atoms with Crippen molar-refractivity contribution in [3.63, 3.8) is 0 Å². The summed E-state index contributed by atoms with van der Waals surface area (Å²) in [5, 5.41) is 9.89. The van der Waals surface area contributed by atoms with Crippen molar-refractivity contribution in [2.45, 2.75) is 45.4 Å². The minimum Gasteiger partial charge on any atom is -0.481 e. The van der Waals surface area contributed by atoms with Crippen LogP contribution < -0.4 is 0 Å². The lowest BCUT2D eigenvalue weighted by atomic mass is 9.72. The molecule has 0 aliphatic heterocycles. The Kier molecular flexibility index (Phi) is 5.02. The van der Waals surface area contributed by atoms with Crippen molar-refractivity contribution >= 4 is 17.0 Å². The second-order valence-corrected chi connectivity index (χ2v) is 8.10. The molecule has 3 heterocycles. The number of carbonyl (C=O) groups is 1. The maximum absolute atomic E-state index is 14.5. The van der Waals surface area contributed by atoms with E-state index in [2.05, 4.69) is 26.9 Å². The van der Waals surface area contributed by atoms with Gasteiger partial charge in [-0.3, -0.25) is 4.79 Å². The van der Waals surface area contributed by atoms with E-state index in [1.807, 2.05) is 0 Å². The first-order valence-electron chi connectivity index (χ1n) is 9.72. The molecule has 3 aromatic heterocycles. The number of pyridine rings is 1. The van der Waals surface area contributed by atoms with Gasteiger partial charge in [-0.2, -0.15) is 0 Å². The summed E-state index contributed by atoms with van der Waals surface area (Å²) >= 11 is 0. The zero-order valence-electron chi connectivity index (χ0n) is 16.1. The van der Waals surface area contributed by atoms with E-state index in [1.165, 1.54) is 6.07 Å². The Bertz CT molecular complexity index is 1060. The quantitative estimate of drug-likeness (QED) is 0.635. The first-order valence-corrected chi connectivity index (χ1v) is 9.72. The molecule has 1 fully saturated rings. The van der Waals surface area contributed by atoms with Gasteiger partial charge in [-0.05, 0) is 36.7 Å². The number of halogens is 2. The maximum Gasteiger partial charge on any atom is 0.303 e. The number of aromatic nitrogens is 4. The van der Waals surface area contributed by atoms with Crippen LogP contribution in [0.4, 0.5) is 8.78 Å². The summed E-state index contributed by atoms with van der Waals surface area (Å²) in [5.41, 5.74) is 1.05. The molecule has 6 nitrogen and oxygen atoms in total. The molecular weight excluding hydrogens is 378 g/mol. The van der Waals surface area contributed by atoms with Crippen LogP contribution in [0.1, 0.15) is 44.7 Å². The summed E-state index contributed by atoms with van der Waals surface area (Å²) in [6, 6.07) is 1.33. The van der Waals surface area contributed by atoms with Crippen LogP contribution in [0.25, 0.3) is 22.4 Å². The highest BCUT2D eigenvalue weighted by atomic mass is 19.1. The molecule has 152 valence electrons. The number of rotatable bonds is 6. The number of carboxylic acid groups (broad SMARTS) is 1. The van der Waals surface area contributed by atoms with Crippen molar-refractivity contribution in [3.05, 3.63) is 42.0 Å². The minimum absolute atomic E-state index is 0.0303. The standard InChI is InChI=1S/C21H22F2N4O2/c1-21(4-2-3-5-21)12(7-18(28)29)6-17-16(23)11-26-20(27-17)15-10-25-19-14(15)8-13(22)9-24-19/h8-12H,2-7H2,1H3,(H,24,25)(H,28,29). The van der Waals surface area contributed by atoms with Crippen LogP contribution in [0.2, 0.25) is 0 Å². The van der Waals surface area contributed by atoms with Crippen LogP contribution in [0.3, 0.4) is 0 Å². The first-order chi connectivity index (χ1) is 13.9. The van der Waals surface area contributed by atoms with Gasteiger partial charge >= 0.3 is 5.97 Å². The van der Waals surface area contributed by atoms with Gasteiger partial charge in [0.1, 0.15) is 11.5 Å². The average molecular weight is 400 g/mol. The summed E-state index contributed by atoms with van der Waals surface area (Å²) in [5.74, 6) is -1.91. The number of aromatic amines is 1. The number of H-pyrrole nitrogens is 1. The van der Waals surface area contributed by atoms with Gasteiger partial charge in [0, 0.05) is 23.6 Å². The molecule has 1 aliphatic carbocycles. The van der Waals surface area contributed by atoms with Crippen molar-refractivity contribution < 1.29 is 18.7 Å². The molecule has 0 amide bonds. The number of hydrogen-bond donors (Lipinski definition) is 2. The number of carboxylic acids is 1. The molecule has 8 heteroatoms. The van der Waals surface area contributed by atoms with Gasteiger partial charge in [-0.25, -0.2) is 23.7 Å². The van der Waals surface area contributed by atoms with E-state index in [-0.39, 0.29) is 35.7 Å². The molecule has 29 heavy (non-hydrogen) atoms. The molecule has 1 aliphatic rings. The Morgan fingerprint density at radius 2 is 2.03 bits per heavy atom. The number of hydrogen-bond acceptors (Lipinski definition) is 4. The van der Waals surface area contributed by atoms with Crippen LogP contribution in [-0.2, 0) is 11.2 Å². The molecule has 1 saturated carbocycles. The third-order valence-corrected chi connectivity index (χ3v) is 6.15. The summed E-state index contributed by atoms with van der Waals surface area (Å²) in [4.78, 5) is 26.8. The highest BCUT2D eigenvalue weighted by Crippen LogP contribution is 2.46. The third-order valence-electron chi connectivity index (χ3n) is 6.15. The highest BCUT2D eigenvalue weighted by molar-refractivity contribution is 5.91. The topological polar surface area (TPSA) is 91.8 Å². The van der Waals surface area contributed by atoms with Crippen LogP contribution >= 0.6 is 0 Å². The van der Waals surface area contributed by atoms with E-state index in [9.17, 15) is 18.7 Å². The van der Waals surface area contributed by atoms with E-state index in [0.29, 0.717) is 16.6 Å². The molecule has 2 N–H and O–H groups in total. The number of fused-ring (bicyclic) bond motifs is 1. The summed E-state index contributed by atoms with van der Waals surface area (Å²) < 4.78 is 28.2. The Labute approximate surface area is 166 Å². The van der Waals surface area contributed by atoms with Crippen molar-refractivity contribution in [1.82, 2.24) is 19.9 Å². The molecule has 4 rings (SSSR count). The van der Waals surface area contributed by atoms with Crippen LogP contribution in [0.5, 0.6) is 0 Å². The molecule has 0 bridgehead atoms. The predicted octanol–water partition coefficient (Wildman–Crippen LogP) is 4.51. The van der Waals surface area contributed by atoms with Crippen LogP contribution in [-0.4, -0.2) is 31.0 Å². The summed E-state index contributed by atoms with van der Waals surface area (Å²) in [7, 11) is 0. The van der Waals surface area contributed by atoms with Gasteiger partial charge in [-0.15, -0.1) is 0 Å². The fraction of sp³-hybridized carbons (Fsp3) is 0.429. The fourth-order valence-corrected chi connectivity index (χ4v) is 4.44. The normalized spacial score (nSPS) is 16.9. The molecule has 0 radical (unpaired) electrons. The Balaban J connectivity index is 1.70. The average Bonchev–Trinajstić information content (AvgIpc) is 3.29. The zero-order valence-corrected chi connectivity index (χ0v) is 16.1. The Hall–Kier alpha value is -2.90. The molecular formula is C21H22F2N4O2. The minimum atomic E-state index is -0.893. The number of aliphatic carboxylic acids is 1. The van der Waals surface area contributed by atoms with Crippen LogP contribution in [0.15, 0.2) is 24.7 Å². The van der Waals surface area contributed by atoms with E-state index >= 15 is 0 Å². The van der Waals surface area contributed by atoms with Gasteiger partial charge in [0.05, 0.1) is 18.1 Å². The molecule has 1 unspecified atom stereocenters. The van der Waals surface area contributed by atoms with Gasteiger partial charge in [0.25, 0.3) is 0 Å². The van der Waals surface area contributed by atoms with E-state index in [1.54, 1.807) is 6.20 Å². The third kappa shape index (κ3) is 3.83. The molecule has 0 aromatic carbocycles. The van der Waals surface area contributed by atoms with Gasteiger partial charge in [0.2, 0.25) is 0 Å². The molecule has 3 aromatic rings. The lowest BCUT2D eigenvalue weighted by Gasteiger charge is -2.33. The monoisotopic (exact) mass is 400 g/mol. The van der Waals surface area contributed by atoms with E-state index in [0.717, 1.165) is 38.1 Å². The molecule has 0 saturated heterocycles. The summed E-state index contributed by atoms with van der Waals surface area (Å²) in [6.07, 6.45) is 7.97. The van der Waals surface area contributed by atoms with E-state index < -0.39 is 17.6 Å². The lowest BCUT2D eigenvalue weighted by Crippen LogP contribution is -2.29. The second-order valence-electron chi connectivity index (χ2n) is 8.10. The SMILES string of the molecule is CC1(C(CC(=O)O)Cc2nc(-c3c[nH]c4ncc(F)cc34)ncc2F)CCCC1. The predicted molar refractivity (Wildman–Crippen MR) is 103 cm³/mol. The largest absolute Gasteiger partial charge is 0.481 e. The highest BCUT2D eigenvalue weighted by Gasteiger charge is 2.38. The van der Waals surface area contributed by atoms with Gasteiger partial charge in [-0.1, -0.05) is 19.8 Å². The Morgan fingerprint density at radius 1 is 1.28 bits per heavy atom. The van der Waals surface area contributed by atoms with Crippen molar-refractivity contribution in [2.75, 3.05) is 0 Å². The first kappa shape index (κ1) is 19.4. The fourth-order valence-electron chi connectivity index (χ4n) is 4.44. The lowest BCUT2D eigenvalue weighted by molar-refractivity contribution is -0.139. The zero-order chi connectivity index (χ0) is 20.6. The van der Waals surface area contributed by atoms with Crippen molar-refractivity contribution in [3.8, 4) is 11.4 Å². The number of nitrogens with one attached hydrogen (secondary N) is 1. The maximum atomic E-state index is 14.5. The molecule has 0 spiro atoms. The van der Waals surface area contributed by atoms with E-state index in [4.69, 9.17) is 0 Å². The van der Waals surface area contributed by atoms with Gasteiger partial charge in [0.15, 0.2) is 11.6 Å². The van der Waals surface area contributed by atoms with Crippen LogP contribution in [0, 0.1) is 23.0 Å². The second kappa shape index (κ2) is 7.50. The Morgan fingerprint density at radius 3 is 2.76 bits per heavy atom. The smallest absolute Gasteiger partial charge is 0.303 e.